The van der Waals surface area contributed by atoms with Crippen molar-refractivity contribution in [2.75, 3.05) is 19.6 Å². The lowest BCUT2D eigenvalue weighted by atomic mass is 9.93. The predicted molar refractivity (Wildman–Crippen MR) is 56.1 cm³/mol. The van der Waals surface area contributed by atoms with Gasteiger partial charge in [0.2, 0.25) is 11.8 Å². The molecule has 4 heteroatoms. The molecule has 0 aromatic rings. The zero-order valence-electron chi connectivity index (χ0n) is 9.38. The molecule has 1 unspecified atom stereocenters. The third kappa shape index (κ3) is 2.13. The summed E-state index contributed by atoms with van der Waals surface area (Å²) >= 11 is 0. The highest BCUT2D eigenvalue weighted by atomic mass is 16.2. The number of likely N-dealkylation sites (tertiary alicyclic amines) is 1. The molecule has 84 valence electrons. The van der Waals surface area contributed by atoms with E-state index in [1.165, 1.54) is 0 Å². The Labute approximate surface area is 90.0 Å². The summed E-state index contributed by atoms with van der Waals surface area (Å²) in [5.41, 5.74) is 0.242. The fraction of sp³-hybridized carbons (Fsp3) is 0.818. The summed E-state index contributed by atoms with van der Waals surface area (Å²) in [7, 11) is 0. The molecule has 2 saturated heterocycles. The molecule has 0 aromatic carbocycles. The average Bonchev–Trinajstić information content (AvgIpc) is 2.71. The SMILES string of the molecule is CC1(C)CCN(C(=O)C2CNC(=O)C2)C1. The van der Waals surface area contributed by atoms with Crippen LogP contribution in [0.5, 0.6) is 0 Å². The molecular weight excluding hydrogens is 192 g/mol. The number of rotatable bonds is 1. The summed E-state index contributed by atoms with van der Waals surface area (Å²) in [6, 6.07) is 0. The van der Waals surface area contributed by atoms with Crippen molar-refractivity contribution >= 4 is 11.8 Å². The van der Waals surface area contributed by atoms with Gasteiger partial charge >= 0.3 is 0 Å². The second-order valence-electron chi connectivity index (χ2n) is 5.38. The van der Waals surface area contributed by atoms with Gasteiger partial charge in [0.1, 0.15) is 0 Å². The highest BCUT2D eigenvalue weighted by molar-refractivity contribution is 5.89. The first-order chi connectivity index (χ1) is 6.98. The van der Waals surface area contributed by atoms with E-state index in [1.807, 2.05) is 4.90 Å². The quantitative estimate of drug-likeness (QED) is 0.680. The molecule has 2 fully saturated rings. The van der Waals surface area contributed by atoms with Gasteiger partial charge in [0.05, 0.1) is 5.92 Å². The summed E-state index contributed by atoms with van der Waals surface area (Å²) in [5, 5.41) is 2.71. The second-order valence-corrected chi connectivity index (χ2v) is 5.38. The van der Waals surface area contributed by atoms with Crippen LogP contribution in [0.2, 0.25) is 0 Å². The van der Waals surface area contributed by atoms with Gasteiger partial charge < -0.3 is 10.2 Å². The van der Waals surface area contributed by atoms with Crippen LogP contribution in [-0.4, -0.2) is 36.3 Å². The van der Waals surface area contributed by atoms with Crippen molar-refractivity contribution in [1.82, 2.24) is 10.2 Å². The molecule has 2 amide bonds. The number of nitrogens with one attached hydrogen (secondary N) is 1. The first-order valence-corrected chi connectivity index (χ1v) is 5.53. The summed E-state index contributed by atoms with van der Waals surface area (Å²) in [4.78, 5) is 24.9. The Hall–Kier alpha value is -1.06. The lowest BCUT2D eigenvalue weighted by Crippen LogP contribution is -2.36. The number of carbonyl (C=O) groups excluding carboxylic acids is 2. The molecule has 1 N–H and O–H groups in total. The first-order valence-electron chi connectivity index (χ1n) is 5.53. The Morgan fingerprint density at radius 1 is 1.53 bits per heavy atom. The number of carbonyl (C=O) groups is 2. The van der Waals surface area contributed by atoms with E-state index in [2.05, 4.69) is 19.2 Å². The van der Waals surface area contributed by atoms with Crippen LogP contribution in [0.3, 0.4) is 0 Å². The van der Waals surface area contributed by atoms with Gasteiger partial charge in [0.25, 0.3) is 0 Å². The van der Waals surface area contributed by atoms with Crippen molar-refractivity contribution < 1.29 is 9.59 Å². The Kier molecular flexibility index (Phi) is 2.44. The zero-order valence-corrected chi connectivity index (χ0v) is 9.38. The van der Waals surface area contributed by atoms with Crippen LogP contribution in [-0.2, 0) is 9.59 Å². The maximum absolute atomic E-state index is 12.0. The standard InChI is InChI=1S/C11H18N2O2/c1-11(2)3-4-13(7-11)10(15)8-5-9(14)12-6-8/h8H,3-7H2,1-2H3,(H,12,14). The number of hydrogen-bond acceptors (Lipinski definition) is 2. The lowest BCUT2D eigenvalue weighted by Gasteiger charge is -2.22. The highest BCUT2D eigenvalue weighted by Crippen LogP contribution is 2.30. The van der Waals surface area contributed by atoms with Crippen LogP contribution < -0.4 is 5.32 Å². The van der Waals surface area contributed by atoms with Crippen LogP contribution in [0.25, 0.3) is 0 Å². The number of hydrogen-bond donors (Lipinski definition) is 1. The molecule has 0 bridgehead atoms. The molecule has 0 aromatic heterocycles. The maximum Gasteiger partial charge on any atom is 0.228 e. The van der Waals surface area contributed by atoms with Gasteiger partial charge in [-0.25, -0.2) is 0 Å². The topological polar surface area (TPSA) is 49.4 Å². The highest BCUT2D eigenvalue weighted by Gasteiger charge is 2.37. The smallest absolute Gasteiger partial charge is 0.228 e. The van der Waals surface area contributed by atoms with E-state index in [-0.39, 0.29) is 23.1 Å². The van der Waals surface area contributed by atoms with E-state index in [0.29, 0.717) is 13.0 Å². The van der Waals surface area contributed by atoms with Gasteiger partial charge in [-0.1, -0.05) is 13.8 Å². The average molecular weight is 210 g/mol. The predicted octanol–water partition coefficient (Wildman–Crippen LogP) is 0.381. The van der Waals surface area contributed by atoms with Crippen LogP contribution in [0.15, 0.2) is 0 Å². The molecule has 1 atom stereocenters. The van der Waals surface area contributed by atoms with Crippen LogP contribution >= 0.6 is 0 Å². The van der Waals surface area contributed by atoms with Gasteiger partial charge in [0.15, 0.2) is 0 Å². The van der Waals surface area contributed by atoms with Crippen molar-refractivity contribution in [2.45, 2.75) is 26.7 Å². The largest absolute Gasteiger partial charge is 0.355 e. The Bertz CT molecular complexity index is 299. The van der Waals surface area contributed by atoms with Gasteiger partial charge in [-0.15, -0.1) is 0 Å². The molecule has 2 aliphatic rings. The van der Waals surface area contributed by atoms with E-state index in [9.17, 15) is 9.59 Å². The van der Waals surface area contributed by atoms with Crippen molar-refractivity contribution in [2.24, 2.45) is 11.3 Å². The van der Waals surface area contributed by atoms with Crippen molar-refractivity contribution in [1.29, 1.82) is 0 Å². The molecule has 0 spiro atoms. The first kappa shape index (κ1) is 10.5. The normalized spacial score (nSPS) is 29.3. The van der Waals surface area contributed by atoms with Crippen molar-refractivity contribution in [3.05, 3.63) is 0 Å². The molecule has 15 heavy (non-hydrogen) atoms. The van der Waals surface area contributed by atoms with Crippen molar-refractivity contribution in [3.63, 3.8) is 0 Å². The summed E-state index contributed by atoms with van der Waals surface area (Å²) in [5.74, 6) is 0.0390. The van der Waals surface area contributed by atoms with E-state index in [0.717, 1.165) is 19.5 Å². The van der Waals surface area contributed by atoms with Crippen LogP contribution in [0.1, 0.15) is 26.7 Å². The molecule has 2 heterocycles. The summed E-state index contributed by atoms with van der Waals surface area (Å²) in [6.07, 6.45) is 1.43. The third-order valence-corrected chi connectivity index (χ3v) is 3.32. The fourth-order valence-corrected chi connectivity index (χ4v) is 2.34. The molecule has 0 radical (unpaired) electrons. The minimum Gasteiger partial charge on any atom is -0.355 e. The molecule has 2 aliphatic heterocycles. The fourth-order valence-electron chi connectivity index (χ4n) is 2.34. The van der Waals surface area contributed by atoms with Crippen molar-refractivity contribution in [3.8, 4) is 0 Å². The minimum absolute atomic E-state index is 0.00630. The maximum atomic E-state index is 12.0. The molecule has 4 nitrogen and oxygen atoms in total. The molecular formula is C11H18N2O2. The Balaban J connectivity index is 1.95. The van der Waals surface area contributed by atoms with Crippen LogP contribution in [0.4, 0.5) is 0 Å². The third-order valence-electron chi connectivity index (χ3n) is 3.32. The van der Waals surface area contributed by atoms with Crippen LogP contribution in [0, 0.1) is 11.3 Å². The second kappa shape index (κ2) is 3.51. The van der Waals surface area contributed by atoms with Gasteiger partial charge in [-0.3, -0.25) is 9.59 Å². The lowest BCUT2D eigenvalue weighted by molar-refractivity contribution is -0.135. The number of amides is 2. The van der Waals surface area contributed by atoms with E-state index < -0.39 is 0 Å². The van der Waals surface area contributed by atoms with Gasteiger partial charge in [-0.2, -0.15) is 0 Å². The summed E-state index contributed by atoms with van der Waals surface area (Å²) < 4.78 is 0. The van der Waals surface area contributed by atoms with Gasteiger partial charge in [-0.05, 0) is 11.8 Å². The van der Waals surface area contributed by atoms with Gasteiger partial charge in [0, 0.05) is 26.1 Å². The monoisotopic (exact) mass is 210 g/mol. The Morgan fingerprint density at radius 2 is 2.27 bits per heavy atom. The zero-order chi connectivity index (χ0) is 11.1. The van der Waals surface area contributed by atoms with E-state index in [1.54, 1.807) is 0 Å². The number of nitrogens with zero attached hydrogens (tertiary/aromatic N) is 1. The van der Waals surface area contributed by atoms with E-state index in [4.69, 9.17) is 0 Å². The van der Waals surface area contributed by atoms with E-state index >= 15 is 0 Å². The molecule has 0 aliphatic carbocycles. The molecule has 2 rings (SSSR count). The summed E-state index contributed by atoms with van der Waals surface area (Å²) in [6.45, 7) is 6.55. The molecule has 0 saturated carbocycles. The Morgan fingerprint density at radius 3 is 2.73 bits per heavy atom. The minimum atomic E-state index is -0.119.